The number of benzene rings is 2. The molecule has 1 saturated heterocycles. The Morgan fingerprint density at radius 3 is 2.40 bits per heavy atom. The zero-order valence-electron chi connectivity index (χ0n) is 19.0. The number of ether oxygens (including phenoxy) is 1. The molecule has 2 aromatic carbocycles. The second kappa shape index (κ2) is 11.2. The van der Waals surface area contributed by atoms with E-state index in [1.807, 2.05) is 0 Å². The van der Waals surface area contributed by atoms with Crippen molar-refractivity contribution in [3.05, 3.63) is 59.4 Å². The van der Waals surface area contributed by atoms with Crippen LogP contribution < -0.4 is 15.0 Å². The maximum Gasteiger partial charge on any atom is 0.471 e. The van der Waals surface area contributed by atoms with E-state index in [1.54, 1.807) is 29.2 Å². The minimum absolute atomic E-state index is 0.106. The molecule has 1 fully saturated rings. The number of hydrogen-bond acceptors (Lipinski definition) is 4. The molecule has 3 rings (SSSR count). The number of ketones is 1. The normalized spacial score (nSPS) is 13.8. The SMILES string of the molecule is COc1cccc(N(Cc2ccc(C(=O)CNC(=O)C(F)(F)F)cc2F)C(=O)N2CCCCC2)c1. The number of nitrogens with zero attached hydrogens (tertiary/aromatic N) is 2. The molecule has 0 saturated carbocycles. The van der Waals surface area contributed by atoms with Crippen molar-refractivity contribution < 1.29 is 36.7 Å². The van der Waals surface area contributed by atoms with Gasteiger partial charge in [-0.1, -0.05) is 18.2 Å². The second-order valence-corrected chi connectivity index (χ2v) is 8.03. The summed E-state index contributed by atoms with van der Waals surface area (Å²) in [6.07, 6.45) is -2.36. The lowest BCUT2D eigenvalue weighted by Crippen LogP contribution is -2.45. The third-order valence-corrected chi connectivity index (χ3v) is 5.59. The van der Waals surface area contributed by atoms with E-state index >= 15 is 0 Å². The van der Waals surface area contributed by atoms with Crippen molar-refractivity contribution in [3.63, 3.8) is 0 Å². The van der Waals surface area contributed by atoms with Gasteiger partial charge in [-0.05, 0) is 37.5 Å². The number of carbonyl (C=O) groups excluding carboxylic acids is 3. The molecule has 1 N–H and O–H groups in total. The number of alkyl halides is 3. The molecule has 35 heavy (non-hydrogen) atoms. The summed E-state index contributed by atoms with van der Waals surface area (Å²) in [5, 5.41) is 1.46. The molecule has 0 aromatic heterocycles. The van der Waals surface area contributed by atoms with Gasteiger partial charge in [-0.15, -0.1) is 0 Å². The van der Waals surface area contributed by atoms with Crippen molar-refractivity contribution in [2.75, 3.05) is 31.6 Å². The lowest BCUT2D eigenvalue weighted by atomic mass is 10.1. The molecule has 0 spiro atoms. The Labute approximate surface area is 199 Å². The number of amides is 3. The molecule has 0 radical (unpaired) electrons. The first-order chi connectivity index (χ1) is 16.6. The van der Waals surface area contributed by atoms with E-state index in [-0.39, 0.29) is 23.7 Å². The Kier molecular flexibility index (Phi) is 8.31. The van der Waals surface area contributed by atoms with E-state index < -0.39 is 30.2 Å². The van der Waals surface area contributed by atoms with Crippen LogP contribution in [0.2, 0.25) is 0 Å². The monoisotopic (exact) mass is 495 g/mol. The maximum absolute atomic E-state index is 14.9. The summed E-state index contributed by atoms with van der Waals surface area (Å²) in [5.41, 5.74) is 0.396. The molecular formula is C24H25F4N3O4. The third-order valence-electron chi connectivity index (χ3n) is 5.59. The Hall–Kier alpha value is -3.63. The first-order valence-electron chi connectivity index (χ1n) is 11.0. The molecule has 2 aromatic rings. The van der Waals surface area contributed by atoms with Crippen LogP contribution >= 0.6 is 0 Å². The van der Waals surface area contributed by atoms with Gasteiger partial charge >= 0.3 is 18.1 Å². The lowest BCUT2D eigenvalue weighted by Gasteiger charge is -2.33. The molecule has 1 aliphatic rings. The fourth-order valence-corrected chi connectivity index (χ4v) is 3.69. The molecule has 11 heteroatoms. The molecule has 1 aliphatic heterocycles. The van der Waals surface area contributed by atoms with Gasteiger partial charge in [-0.3, -0.25) is 14.5 Å². The molecular weight excluding hydrogens is 470 g/mol. The first kappa shape index (κ1) is 26.0. The third kappa shape index (κ3) is 6.71. The predicted molar refractivity (Wildman–Crippen MR) is 120 cm³/mol. The number of methoxy groups -OCH3 is 1. The topological polar surface area (TPSA) is 79.0 Å². The van der Waals surface area contributed by atoms with Crippen molar-refractivity contribution in [3.8, 4) is 5.75 Å². The van der Waals surface area contributed by atoms with Crippen molar-refractivity contribution in [2.24, 2.45) is 0 Å². The Bertz CT molecular complexity index is 1080. The van der Waals surface area contributed by atoms with Crippen molar-refractivity contribution in [1.82, 2.24) is 10.2 Å². The highest BCUT2D eigenvalue weighted by Gasteiger charge is 2.38. The van der Waals surface area contributed by atoms with Crippen LogP contribution in [-0.4, -0.2) is 55.5 Å². The van der Waals surface area contributed by atoms with Gasteiger partial charge in [0.2, 0.25) is 0 Å². The van der Waals surface area contributed by atoms with Crippen molar-refractivity contribution in [1.29, 1.82) is 0 Å². The fraction of sp³-hybridized carbons (Fsp3) is 0.375. The van der Waals surface area contributed by atoms with Crippen LogP contribution in [0.4, 0.5) is 28.0 Å². The summed E-state index contributed by atoms with van der Waals surface area (Å²) in [7, 11) is 1.49. The first-order valence-corrected chi connectivity index (χ1v) is 11.0. The maximum atomic E-state index is 14.9. The number of likely N-dealkylation sites (tertiary alicyclic amines) is 1. The summed E-state index contributed by atoms with van der Waals surface area (Å²) >= 11 is 0. The van der Waals surface area contributed by atoms with E-state index in [9.17, 15) is 31.9 Å². The Balaban J connectivity index is 1.81. The van der Waals surface area contributed by atoms with Gasteiger partial charge in [0.25, 0.3) is 0 Å². The van der Waals surface area contributed by atoms with Crippen LogP contribution in [0.25, 0.3) is 0 Å². The molecule has 0 unspecified atom stereocenters. The van der Waals surface area contributed by atoms with E-state index in [0.717, 1.165) is 25.3 Å². The van der Waals surface area contributed by atoms with Gasteiger partial charge in [0.1, 0.15) is 11.6 Å². The molecule has 1 heterocycles. The fourth-order valence-electron chi connectivity index (χ4n) is 3.69. The van der Waals surface area contributed by atoms with E-state index in [1.165, 1.54) is 29.5 Å². The number of Topliss-reactive ketones (excluding diaryl/α,β-unsaturated/α-hetero) is 1. The average molecular weight is 495 g/mol. The summed E-state index contributed by atoms with van der Waals surface area (Å²) in [5.74, 6) is -3.44. The van der Waals surface area contributed by atoms with Gasteiger partial charge < -0.3 is 15.0 Å². The highest BCUT2D eigenvalue weighted by Crippen LogP contribution is 2.26. The molecule has 188 valence electrons. The zero-order chi connectivity index (χ0) is 25.6. The van der Waals surface area contributed by atoms with Crippen LogP contribution in [0.15, 0.2) is 42.5 Å². The van der Waals surface area contributed by atoms with Gasteiger partial charge in [-0.2, -0.15) is 13.2 Å². The van der Waals surface area contributed by atoms with Crippen LogP contribution in [0.3, 0.4) is 0 Å². The molecule has 3 amide bonds. The van der Waals surface area contributed by atoms with Crippen LogP contribution in [0, 0.1) is 5.82 Å². The van der Waals surface area contributed by atoms with E-state index in [2.05, 4.69) is 0 Å². The predicted octanol–water partition coefficient (Wildman–Crippen LogP) is 4.31. The largest absolute Gasteiger partial charge is 0.497 e. The summed E-state index contributed by atoms with van der Waals surface area (Å²) in [4.78, 5) is 39.5. The minimum atomic E-state index is -5.13. The number of anilines is 1. The molecule has 0 atom stereocenters. The van der Waals surface area contributed by atoms with Crippen LogP contribution in [0.5, 0.6) is 5.75 Å². The number of urea groups is 1. The van der Waals surface area contributed by atoms with Gasteiger partial charge in [0.05, 0.1) is 20.2 Å². The van der Waals surface area contributed by atoms with Gasteiger partial charge in [-0.25, -0.2) is 9.18 Å². The highest BCUT2D eigenvalue weighted by atomic mass is 19.4. The smallest absolute Gasteiger partial charge is 0.471 e. The number of carbonyl (C=O) groups is 3. The summed E-state index contributed by atoms with van der Waals surface area (Å²) < 4.78 is 57.1. The Morgan fingerprint density at radius 1 is 1.06 bits per heavy atom. The molecule has 7 nitrogen and oxygen atoms in total. The van der Waals surface area contributed by atoms with Gasteiger partial charge in [0, 0.05) is 36.0 Å². The zero-order valence-corrected chi connectivity index (χ0v) is 19.0. The lowest BCUT2D eigenvalue weighted by molar-refractivity contribution is -0.173. The highest BCUT2D eigenvalue weighted by molar-refractivity contribution is 6.00. The van der Waals surface area contributed by atoms with Crippen molar-refractivity contribution >= 4 is 23.4 Å². The van der Waals surface area contributed by atoms with E-state index in [4.69, 9.17) is 4.74 Å². The van der Waals surface area contributed by atoms with Crippen molar-refractivity contribution in [2.45, 2.75) is 32.0 Å². The number of halogens is 4. The summed E-state index contributed by atoms with van der Waals surface area (Å²) in [6.45, 7) is 0.0892. The second-order valence-electron chi connectivity index (χ2n) is 8.03. The number of nitrogens with one attached hydrogen (secondary N) is 1. The average Bonchev–Trinajstić information content (AvgIpc) is 2.85. The molecule has 0 aliphatic carbocycles. The number of piperidine rings is 1. The summed E-state index contributed by atoms with van der Waals surface area (Å²) in [6, 6.07) is 9.90. The van der Waals surface area contributed by atoms with Crippen LogP contribution in [0.1, 0.15) is 35.2 Å². The van der Waals surface area contributed by atoms with Gasteiger partial charge in [0.15, 0.2) is 5.78 Å². The van der Waals surface area contributed by atoms with E-state index in [0.29, 0.717) is 24.5 Å². The van der Waals surface area contributed by atoms with Crippen LogP contribution in [-0.2, 0) is 11.3 Å². The quantitative estimate of drug-likeness (QED) is 0.459. The number of rotatable bonds is 7. The number of hydrogen-bond donors (Lipinski definition) is 1. The Morgan fingerprint density at radius 2 is 1.77 bits per heavy atom. The molecule has 0 bridgehead atoms. The standard InChI is InChI=1S/C24H25F4N3O4/c1-35-19-7-5-6-18(13-19)31(23(34)30-10-3-2-4-11-30)15-17-9-8-16(12-20(17)25)21(32)14-29-22(33)24(26,27)28/h5-9,12-13H,2-4,10-11,14-15H2,1H3,(H,29,33). The minimum Gasteiger partial charge on any atom is -0.497 e.